The molecule has 8 nitrogen and oxygen atoms in total. The summed E-state index contributed by atoms with van der Waals surface area (Å²) >= 11 is 0. The Balaban J connectivity index is 1.73. The topological polar surface area (TPSA) is 90.2 Å². The first-order valence-electron chi connectivity index (χ1n) is 10.1. The van der Waals surface area contributed by atoms with Crippen LogP contribution in [0.2, 0.25) is 0 Å². The SMILES string of the molecule is COc1cccc(CN(C[C@@H]2CCCO2)C(=O)c2nc(S(C)(=O)=O)n3ccccc23)c1. The summed E-state index contributed by atoms with van der Waals surface area (Å²) in [4.78, 5) is 19.5. The Hall–Kier alpha value is -2.91. The normalized spacial score (nSPS) is 16.5. The third kappa shape index (κ3) is 4.57. The summed E-state index contributed by atoms with van der Waals surface area (Å²) < 4.78 is 37.0. The minimum Gasteiger partial charge on any atom is -0.497 e. The molecule has 0 unspecified atom stereocenters. The van der Waals surface area contributed by atoms with E-state index in [1.807, 2.05) is 24.3 Å². The molecule has 0 N–H and O–H groups in total. The van der Waals surface area contributed by atoms with Crippen LogP contribution in [-0.4, -0.2) is 61.2 Å². The van der Waals surface area contributed by atoms with E-state index < -0.39 is 9.84 Å². The standard InChI is InChI=1S/C22H25N3O5S/c1-29-17-8-5-7-16(13-17)14-24(15-18-9-6-12-30-18)21(26)20-19-10-3-4-11-25(19)22(23-20)31(2,27)28/h3-5,7-8,10-11,13,18H,6,9,12,14-15H2,1-2H3/t18-/m0/s1. The Morgan fingerprint density at radius 2 is 2.13 bits per heavy atom. The molecule has 3 aromatic rings. The lowest BCUT2D eigenvalue weighted by molar-refractivity contribution is 0.0504. The number of nitrogens with zero attached hydrogens (tertiary/aromatic N) is 3. The molecule has 9 heteroatoms. The van der Waals surface area contributed by atoms with Gasteiger partial charge < -0.3 is 14.4 Å². The van der Waals surface area contributed by atoms with Crippen molar-refractivity contribution >= 4 is 21.3 Å². The molecular weight excluding hydrogens is 418 g/mol. The summed E-state index contributed by atoms with van der Waals surface area (Å²) in [7, 11) is -2.02. The highest BCUT2D eigenvalue weighted by molar-refractivity contribution is 7.90. The summed E-state index contributed by atoms with van der Waals surface area (Å²) in [6, 6.07) is 12.7. The van der Waals surface area contributed by atoms with Gasteiger partial charge in [0.05, 0.1) is 18.7 Å². The summed E-state index contributed by atoms with van der Waals surface area (Å²) in [5, 5.41) is -0.148. The Morgan fingerprint density at radius 1 is 1.29 bits per heavy atom. The number of hydrogen-bond acceptors (Lipinski definition) is 6. The van der Waals surface area contributed by atoms with E-state index in [9.17, 15) is 13.2 Å². The highest BCUT2D eigenvalue weighted by atomic mass is 32.2. The first-order chi connectivity index (χ1) is 14.9. The minimum atomic E-state index is -3.62. The van der Waals surface area contributed by atoms with Crippen molar-refractivity contribution in [1.82, 2.24) is 14.3 Å². The highest BCUT2D eigenvalue weighted by Gasteiger charge is 2.29. The van der Waals surface area contributed by atoms with Crippen LogP contribution in [0.15, 0.2) is 53.8 Å². The minimum absolute atomic E-state index is 0.0576. The number of sulfone groups is 1. The van der Waals surface area contributed by atoms with E-state index in [4.69, 9.17) is 9.47 Å². The van der Waals surface area contributed by atoms with Crippen LogP contribution in [-0.2, 0) is 21.1 Å². The molecule has 0 aliphatic carbocycles. The molecule has 164 valence electrons. The van der Waals surface area contributed by atoms with Crippen molar-refractivity contribution in [1.29, 1.82) is 0 Å². The van der Waals surface area contributed by atoms with E-state index in [1.165, 1.54) is 4.40 Å². The molecule has 1 saturated heterocycles. The quantitative estimate of drug-likeness (QED) is 0.558. The van der Waals surface area contributed by atoms with Crippen molar-refractivity contribution in [3.8, 4) is 5.75 Å². The van der Waals surface area contributed by atoms with Gasteiger partial charge in [0, 0.05) is 32.1 Å². The number of carbonyl (C=O) groups is 1. The van der Waals surface area contributed by atoms with Crippen LogP contribution < -0.4 is 4.74 Å². The summed E-state index contributed by atoms with van der Waals surface area (Å²) in [6.07, 6.45) is 4.46. The van der Waals surface area contributed by atoms with Gasteiger partial charge in [0.2, 0.25) is 15.0 Å². The van der Waals surface area contributed by atoms with Crippen molar-refractivity contribution in [2.75, 3.05) is 26.5 Å². The lowest BCUT2D eigenvalue weighted by Gasteiger charge is -2.25. The Kier molecular flexibility index (Phi) is 5.97. The maximum absolute atomic E-state index is 13.6. The molecule has 1 aromatic carbocycles. The number of benzene rings is 1. The molecule has 1 aliphatic rings. The largest absolute Gasteiger partial charge is 0.497 e. The lowest BCUT2D eigenvalue weighted by Crippen LogP contribution is -2.37. The fraction of sp³-hybridized carbons (Fsp3) is 0.364. The van der Waals surface area contributed by atoms with Crippen molar-refractivity contribution in [3.05, 3.63) is 59.9 Å². The van der Waals surface area contributed by atoms with Crippen molar-refractivity contribution < 1.29 is 22.7 Å². The molecule has 1 amide bonds. The fourth-order valence-corrected chi connectivity index (χ4v) is 4.60. The molecule has 2 aromatic heterocycles. The van der Waals surface area contributed by atoms with Crippen LogP contribution in [0.3, 0.4) is 0 Å². The van der Waals surface area contributed by atoms with Crippen LogP contribution >= 0.6 is 0 Å². The zero-order valence-corrected chi connectivity index (χ0v) is 18.3. The zero-order valence-electron chi connectivity index (χ0n) is 17.5. The van der Waals surface area contributed by atoms with Gasteiger partial charge in [-0.05, 0) is 42.7 Å². The Bertz CT molecular complexity index is 1200. The summed E-state index contributed by atoms with van der Waals surface area (Å²) in [5.74, 6) is 0.366. The molecule has 1 aliphatic heterocycles. The van der Waals surface area contributed by atoms with E-state index in [1.54, 1.807) is 36.4 Å². The van der Waals surface area contributed by atoms with Crippen molar-refractivity contribution in [3.63, 3.8) is 0 Å². The van der Waals surface area contributed by atoms with Crippen LogP contribution in [0.25, 0.3) is 5.52 Å². The molecule has 1 fully saturated rings. The molecule has 0 bridgehead atoms. The van der Waals surface area contributed by atoms with Gasteiger partial charge in [-0.1, -0.05) is 18.2 Å². The first kappa shape index (κ1) is 21.3. The molecule has 31 heavy (non-hydrogen) atoms. The van der Waals surface area contributed by atoms with Gasteiger partial charge in [-0.2, -0.15) is 0 Å². The number of ether oxygens (including phenoxy) is 2. The number of imidazole rings is 1. The van der Waals surface area contributed by atoms with Gasteiger partial charge in [-0.25, -0.2) is 13.4 Å². The van der Waals surface area contributed by atoms with Gasteiger partial charge in [0.15, 0.2) is 5.69 Å². The van der Waals surface area contributed by atoms with Crippen LogP contribution in [0, 0.1) is 0 Å². The maximum atomic E-state index is 13.6. The number of carbonyl (C=O) groups excluding carboxylic acids is 1. The van der Waals surface area contributed by atoms with E-state index in [2.05, 4.69) is 4.98 Å². The number of amides is 1. The number of methoxy groups -OCH3 is 1. The fourth-order valence-electron chi connectivity index (χ4n) is 3.82. The predicted octanol–water partition coefficient (Wildman–Crippen LogP) is 2.57. The van der Waals surface area contributed by atoms with Gasteiger partial charge in [-0.15, -0.1) is 0 Å². The van der Waals surface area contributed by atoms with E-state index in [-0.39, 0.29) is 22.9 Å². The number of pyridine rings is 1. The van der Waals surface area contributed by atoms with Gasteiger partial charge >= 0.3 is 0 Å². The van der Waals surface area contributed by atoms with E-state index >= 15 is 0 Å². The average molecular weight is 444 g/mol. The maximum Gasteiger partial charge on any atom is 0.275 e. The molecule has 1 atom stereocenters. The number of rotatable bonds is 7. The molecule has 4 rings (SSSR count). The molecular formula is C22H25N3O5S. The molecule has 3 heterocycles. The van der Waals surface area contributed by atoms with Crippen LogP contribution in [0.4, 0.5) is 0 Å². The zero-order chi connectivity index (χ0) is 22.0. The monoisotopic (exact) mass is 443 g/mol. The third-order valence-corrected chi connectivity index (χ3v) is 6.24. The number of hydrogen-bond donors (Lipinski definition) is 0. The second-order valence-electron chi connectivity index (χ2n) is 7.64. The smallest absolute Gasteiger partial charge is 0.275 e. The molecule has 0 spiro atoms. The Morgan fingerprint density at radius 3 is 2.84 bits per heavy atom. The summed E-state index contributed by atoms with van der Waals surface area (Å²) in [5.41, 5.74) is 1.47. The highest BCUT2D eigenvalue weighted by Crippen LogP contribution is 2.23. The second kappa shape index (κ2) is 8.68. The number of aromatic nitrogens is 2. The van der Waals surface area contributed by atoms with Crippen molar-refractivity contribution in [2.45, 2.75) is 30.6 Å². The van der Waals surface area contributed by atoms with Gasteiger partial charge in [0.25, 0.3) is 5.91 Å². The third-order valence-electron chi connectivity index (χ3n) is 5.29. The first-order valence-corrected chi connectivity index (χ1v) is 12.0. The molecule has 0 radical (unpaired) electrons. The average Bonchev–Trinajstić information content (AvgIpc) is 3.40. The van der Waals surface area contributed by atoms with Gasteiger partial charge in [0.1, 0.15) is 5.75 Å². The number of fused-ring (bicyclic) bond motifs is 1. The van der Waals surface area contributed by atoms with E-state index in [0.29, 0.717) is 31.0 Å². The van der Waals surface area contributed by atoms with Crippen LogP contribution in [0.5, 0.6) is 5.75 Å². The predicted molar refractivity (Wildman–Crippen MR) is 115 cm³/mol. The summed E-state index contributed by atoms with van der Waals surface area (Å²) in [6.45, 7) is 1.41. The molecule has 0 saturated carbocycles. The lowest BCUT2D eigenvalue weighted by atomic mass is 10.1. The van der Waals surface area contributed by atoms with Gasteiger partial charge in [-0.3, -0.25) is 9.20 Å². The van der Waals surface area contributed by atoms with Crippen LogP contribution in [0.1, 0.15) is 28.9 Å². The van der Waals surface area contributed by atoms with Crippen molar-refractivity contribution in [2.24, 2.45) is 0 Å². The van der Waals surface area contributed by atoms with E-state index in [0.717, 1.165) is 24.7 Å². The second-order valence-corrected chi connectivity index (χ2v) is 9.55. The Labute approximate surface area is 181 Å².